The van der Waals surface area contributed by atoms with Gasteiger partial charge in [0.1, 0.15) is 18.2 Å². The lowest BCUT2D eigenvalue weighted by atomic mass is 10.3. The van der Waals surface area contributed by atoms with Crippen LogP contribution < -0.4 is 16.8 Å². The van der Waals surface area contributed by atoms with Crippen LogP contribution in [0.1, 0.15) is 0 Å². The number of aromatic nitrogens is 4. The number of nitrogens with zero attached hydrogens (tertiary/aromatic N) is 7. The van der Waals surface area contributed by atoms with Gasteiger partial charge in [0.15, 0.2) is 28.2 Å². The van der Waals surface area contributed by atoms with E-state index in [4.69, 9.17) is 23.1 Å². The summed E-state index contributed by atoms with van der Waals surface area (Å²) in [5.41, 5.74) is 13.1. The summed E-state index contributed by atoms with van der Waals surface area (Å²) >= 11 is 5.95. The number of fused-ring (bicyclic) bond motifs is 2. The molecule has 0 radical (unpaired) electrons. The van der Waals surface area contributed by atoms with Crippen LogP contribution >= 0.6 is 11.6 Å². The molecule has 110 valence electrons. The van der Waals surface area contributed by atoms with Gasteiger partial charge in [0.25, 0.3) is 5.91 Å². The molecule has 6 N–H and O–H groups in total. The quantitative estimate of drug-likeness (QED) is 0.419. The Bertz CT molecular complexity index is 907. The molecule has 1 atom stereocenters. The fourth-order valence-electron chi connectivity index (χ4n) is 2.04. The molecule has 12 heteroatoms. The van der Waals surface area contributed by atoms with Crippen LogP contribution in [0.3, 0.4) is 0 Å². The van der Waals surface area contributed by atoms with Crippen molar-refractivity contribution in [3.05, 3.63) is 11.5 Å². The van der Waals surface area contributed by atoms with Gasteiger partial charge in [-0.25, -0.2) is 24.9 Å². The Kier molecular flexibility index (Phi) is 2.49. The number of nitrogens with two attached hydrogens (primary N) is 2. The van der Waals surface area contributed by atoms with Crippen molar-refractivity contribution in [1.29, 1.82) is 0 Å². The molecule has 0 aliphatic carbocycles. The predicted molar refractivity (Wildman–Crippen MR) is 82.2 cm³/mol. The first kappa shape index (κ1) is 12.8. The minimum absolute atomic E-state index is 0.131. The predicted octanol–water partition coefficient (Wildman–Crippen LogP) is -0.760. The van der Waals surface area contributed by atoms with Crippen LogP contribution in [0.4, 0.5) is 5.95 Å². The fourth-order valence-corrected chi connectivity index (χ4v) is 2.21. The molecule has 11 nitrogen and oxygen atoms in total. The molecule has 2 aromatic heterocycles. The van der Waals surface area contributed by atoms with Crippen LogP contribution in [-0.4, -0.2) is 49.6 Å². The molecule has 0 fully saturated rings. The highest BCUT2D eigenvalue weighted by atomic mass is 35.5. The zero-order valence-electron chi connectivity index (χ0n) is 10.8. The molecular formula is C10H8ClN11. The van der Waals surface area contributed by atoms with E-state index < -0.39 is 5.91 Å². The third-order valence-corrected chi connectivity index (χ3v) is 3.22. The molecule has 2 aliphatic rings. The van der Waals surface area contributed by atoms with Crippen LogP contribution in [0.25, 0.3) is 11.2 Å². The lowest BCUT2D eigenvalue weighted by Gasteiger charge is -2.25. The molecule has 0 bridgehead atoms. The van der Waals surface area contributed by atoms with E-state index >= 15 is 0 Å². The number of aromatic amines is 1. The summed E-state index contributed by atoms with van der Waals surface area (Å²) in [5, 5.41) is 3.06. The minimum Gasteiger partial charge on any atom is -0.382 e. The molecule has 1 unspecified atom stereocenters. The molecule has 0 saturated carbocycles. The van der Waals surface area contributed by atoms with Gasteiger partial charge in [0, 0.05) is 0 Å². The van der Waals surface area contributed by atoms with Crippen molar-refractivity contribution in [1.82, 2.24) is 19.9 Å². The van der Waals surface area contributed by atoms with Gasteiger partial charge in [0.2, 0.25) is 5.95 Å². The van der Waals surface area contributed by atoms with Crippen LogP contribution in [0, 0.1) is 0 Å². The number of rotatable bonds is 2. The van der Waals surface area contributed by atoms with Gasteiger partial charge in [-0.05, 0) is 0 Å². The summed E-state index contributed by atoms with van der Waals surface area (Å²) in [6.07, 6.45) is 2.64. The van der Waals surface area contributed by atoms with Crippen molar-refractivity contribution in [3.8, 4) is 0 Å². The maximum Gasteiger partial charge on any atom is 0.290 e. The number of imidazole rings is 1. The van der Waals surface area contributed by atoms with E-state index in [1.165, 1.54) is 12.7 Å². The second-order valence-electron chi connectivity index (χ2n) is 4.45. The number of nitrogens with one attached hydrogen (secondary N) is 2. The topological polar surface area (TPSA) is 168 Å². The van der Waals surface area contributed by atoms with Crippen LogP contribution in [-0.2, 0) is 0 Å². The number of anilines is 1. The zero-order chi connectivity index (χ0) is 15.3. The maximum absolute atomic E-state index is 6.07. The number of hydrogen-bond acceptors (Lipinski definition) is 10. The first-order chi connectivity index (χ1) is 10.5. The molecule has 4 heterocycles. The molecular weight excluding hydrogens is 310 g/mol. The van der Waals surface area contributed by atoms with Gasteiger partial charge in [-0.1, -0.05) is 11.6 Å². The van der Waals surface area contributed by atoms with Crippen molar-refractivity contribution in [2.45, 2.75) is 5.91 Å². The highest BCUT2D eigenvalue weighted by Crippen LogP contribution is 2.21. The molecule has 4 rings (SSSR count). The summed E-state index contributed by atoms with van der Waals surface area (Å²) in [6.45, 7) is 0. The van der Waals surface area contributed by atoms with Gasteiger partial charge in [-0.15, -0.1) is 0 Å². The number of halogens is 1. The summed E-state index contributed by atoms with van der Waals surface area (Å²) < 4.78 is 0. The Morgan fingerprint density at radius 1 is 1.27 bits per heavy atom. The summed E-state index contributed by atoms with van der Waals surface area (Å²) in [6, 6.07) is 0. The lowest BCUT2D eigenvalue weighted by Crippen LogP contribution is -2.51. The average molecular weight is 318 g/mol. The third-order valence-electron chi connectivity index (χ3n) is 2.93. The Labute approximate surface area is 127 Å². The molecule has 0 amide bonds. The fraction of sp³-hybridized carbons (Fsp3) is 0.100. The van der Waals surface area contributed by atoms with Gasteiger partial charge in [0.05, 0.1) is 0 Å². The molecule has 0 saturated heterocycles. The molecule has 2 aromatic rings. The van der Waals surface area contributed by atoms with E-state index in [9.17, 15) is 0 Å². The monoisotopic (exact) mass is 317 g/mol. The van der Waals surface area contributed by atoms with Crippen molar-refractivity contribution >= 4 is 52.4 Å². The van der Waals surface area contributed by atoms with Gasteiger partial charge in [-0.2, -0.15) is 9.98 Å². The van der Waals surface area contributed by atoms with Gasteiger partial charge < -0.3 is 10.7 Å². The van der Waals surface area contributed by atoms with Crippen molar-refractivity contribution in [2.75, 3.05) is 5.32 Å². The molecule has 2 aliphatic heterocycles. The van der Waals surface area contributed by atoms with Crippen LogP contribution in [0.15, 0.2) is 26.3 Å². The SMILES string of the molecule is NC1=NC(N)(Nc2nc3ncnc(Cl)c3[nH]2)N=C2N=CN=C12. The second-order valence-corrected chi connectivity index (χ2v) is 4.81. The summed E-state index contributed by atoms with van der Waals surface area (Å²) in [4.78, 5) is 31.1. The van der Waals surface area contributed by atoms with E-state index in [0.717, 1.165) is 0 Å². The Morgan fingerprint density at radius 2 is 2.14 bits per heavy atom. The number of hydrogen-bond donors (Lipinski definition) is 4. The number of aliphatic imine (C=N–C) groups is 4. The Morgan fingerprint density at radius 3 is 2.95 bits per heavy atom. The average Bonchev–Trinajstić information content (AvgIpc) is 3.05. The van der Waals surface area contributed by atoms with Crippen molar-refractivity contribution < 1.29 is 0 Å². The van der Waals surface area contributed by atoms with E-state index in [1.807, 2.05) is 0 Å². The smallest absolute Gasteiger partial charge is 0.290 e. The second kappa shape index (κ2) is 4.29. The van der Waals surface area contributed by atoms with E-state index in [2.05, 4.69) is 45.2 Å². The van der Waals surface area contributed by atoms with Crippen molar-refractivity contribution in [3.63, 3.8) is 0 Å². The first-order valence-corrected chi connectivity index (χ1v) is 6.41. The standard InChI is InChI=1S/C10H8ClN11/c11-5-3-7(16-2-15-5)19-9(18-3)22-10(13)20-6(12)4-8(21-10)17-1-14-4/h1-2H,13H2,(H2,12,20)(H2,15,16,18,19,22). The summed E-state index contributed by atoms with van der Waals surface area (Å²) in [5.74, 6) is -0.862. The highest BCUT2D eigenvalue weighted by Gasteiger charge is 2.34. The maximum atomic E-state index is 6.07. The molecule has 22 heavy (non-hydrogen) atoms. The van der Waals surface area contributed by atoms with E-state index in [-0.39, 0.29) is 16.9 Å². The van der Waals surface area contributed by atoms with Crippen LogP contribution in [0.2, 0.25) is 5.15 Å². The number of H-pyrrole nitrogens is 1. The van der Waals surface area contributed by atoms with E-state index in [1.54, 1.807) is 0 Å². The van der Waals surface area contributed by atoms with Gasteiger partial charge >= 0.3 is 0 Å². The zero-order valence-corrected chi connectivity index (χ0v) is 11.6. The Balaban J connectivity index is 1.73. The largest absolute Gasteiger partial charge is 0.382 e. The van der Waals surface area contributed by atoms with Crippen molar-refractivity contribution in [2.24, 2.45) is 31.4 Å². The normalized spacial score (nSPS) is 23.1. The third kappa shape index (κ3) is 1.91. The molecule has 0 spiro atoms. The molecule has 0 aromatic carbocycles. The first-order valence-electron chi connectivity index (χ1n) is 6.04. The lowest BCUT2D eigenvalue weighted by molar-refractivity contribution is 0.534. The van der Waals surface area contributed by atoms with Gasteiger partial charge in [-0.3, -0.25) is 11.1 Å². The van der Waals surface area contributed by atoms with E-state index in [0.29, 0.717) is 22.7 Å². The number of amidine groups is 2. The summed E-state index contributed by atoms with van der Waals surface area (Å²) in [7, 11) is 0. The Hall–Kier alpha value is -2.92. The highest BCUT2D eigenvalue weighted by molar-refractivity contribution is 6.70. The minimum atomic E-state index is -1.56. The van der Waals surface area contributed by atoms with Crippen LogP contribution in [0.5, 0.6) is 0 Å².